The van der Waals surface area contributed by atoms with Crippen molar-refractivity contribution in [3.8, 4) is 5.75 Å². The van der Waals surface area contributed by atoms with Gasteiger partial charge in [0, 0.05) is 11.0 Å². The number of aliphatic hydroxyl groups is 1. The molecule has 20 heavy (non-hydrogen) atoms. The lowest BCUT2D eigenvalue weighted by Gasteiger charge is -2.25. The van der Waals surface area contributed by atoms with E-state index in [-0.39, 0.29) is 17.2 Å². The maximum atomic E-state index is 12.3. The van der Waals surface area contributed by atoms with Crippen LogP contribution < -0.4 is 9.46 Å². The molecule has 0 fully saturated rings. The summed E-state index contributed by atoms with van der Waals surface area (Å²) >= 11 is 3.24. The van der Waals surface area contributed by atoms with Gasteiger partial charge in [0.2, 0.25) is 10.0 Å². The number of halogens is 1. The Kier molecular flexibility index (Phi) is 6.00. The van der Waals surface area contributed by atoms with E-state index in [1.165, 1.54) is 13.2 Å². The van der Waals surface area contributed by atoms with Gasteiger partial charge in [-0.3, -0.25) is 0 Å². The number of methoxy groups -OCH3 is 1. The summed E-state index contributed by atoms with van der Waals surface area (Å²) in [6.07, 6.45) is 0.948. The van der Waals surface area contributed by atoms with Crippen molar-refractivity contribution in [1.82, 2.24) is 4.72 Å². The highest BCUT2D eigenvalue weighted by Gasteiger charge is 2.27. The van der Waals surface area contributed by atoms with Gasteiger partial charge in [0.25, 0.3) is 0 Å². The van der Waals surface area contributed by atoms with Crippen molar-refractivity contribution in [1.29, 1.82) is 0 Å². The molecule has 1 rings (SSSR count). The van der Waals surface area contributed by atoms with E-state index in [4.69, 9.17) is 4.74 Å². The van der Waals surface area contributed by atoms with E-state index in [2.05, 4.69) is 20.7 Å². The number of sulfonamides is 1. The molecule has 0 aliphatic rings. The number of hydrogen-bond donors (Lipinski definition) is 2. The molecule has 1 aromatic carbocycles. The SMILES string of the molecule is CCC(O)(CC)CNS(=O)(=O)c1cc(Br)ccc1OC. The second-order valence-electron chi connectivity index (χ2n) is 4.55. The molecule has 1 aromatic rings. The molecule has 7 heteroatoms. The predicted octanol–water partition coefficient (Wildman–Crippen LogP) is 2.29. The quantitative estimate of drug-likeness (QED) is 0.777. The average Bonchev–Trinajstić information content (AvgIpc) is 2.45. The smallest absolute Gasteiger partial charge is 0.244 e. The summed E-state index contributed by atoms with van der Waals surface area (Å²) < 4.78 is 32.8. The van der Waals surface area contributed by atoms with Gasteiger partial charge in [-0.1, -0.05) is 29.8 Å². The van der Waals surface area contributed by atoms with E-state index in [0.717, 1.165) is 0 Å². The molecule has 0 spiro atoms. The van der Waals surface area contributed by atoms with E-state index in [1.54, 1.807) is 12.1 Å². The van der Waals surface area contributed by atoms with Crippen LogP contribution in [-0.4, -0.2) is 32.8 Å². The van der Waals surface area contributed by atoms with Gasteiger partial charge in [-0.25, -0.2) is 13.1 Å². The summed E-state index contributed by atoms with van der Waals surface area (Å²) in [5, 5.41) is 10.2. The minimum absolute atomic E-state index is 0.0298. The van der Waals surface area contributed by atoms with Crippen LogP contribution in [0.4, 0.5) is 0 Å². The van der Waals surface area contributed by atoms with Crippen LogP contribution in [0.3, 0.4) is 0 Å². The third kappa shape index (κ3) is 4.18. The van der Waals surface area contributed by atoms with E-state index in [1.807, 2.05) is 13.8 Å². The van der Waals surface area contributed by atoms with Crippen LogP contribution in [0.15, 0.2) is 27.6 Å². The van der Waals surface area contributed by atoms with E-state index in [0.29, 0.717) is 17.3 Å². The van der Waals surface area contributed by atoms with Crippen molar-refractivity contribution in [2.24, 2.45) is 0 Å². The summed E-state index contributed by atoms with van der Waals surface area (Å²) in [5.74, 6) is 0.261. The van der Waals surface area contributed by atoms with Crippen LogP contribution in [0.2, 0.25) is 0 Å². The molecule has 0 radical (unpaired) electrons. The van der Waals surface area contributed by atoms with E-state index >= 15 is 0 Å². The molecule has 5 nitrogen and oxygen atoms in total. The molecule has 2 N–H and O–H groups in total. The Morgan fingerprint density at radius 2 is 1.95 bits per heavy atom. The third-order valence-electron chi connectivity index (χ3n) is 3.32. The molecular formula is C13H20BrNO4S. The number of nitrogens with one attached hydrogen (secondary N) is 1. The minimum Gasteiger partial charge on any atom is -0.495 e. The third-order valence-corrected chi connectivity index (χ3v) is 5.24. The maximum absolute atomic E-state index is 12.3. The highest BCUT2D eigenvalue weighted by molar-refractivity contribution is 9.10. The molecule has 0 aromatic heterocycles. The average molecular weight is 366 g/mol. The maximum Gasteiger partial charge on any atom is 0.244 e. The largest absolute Gasteiger partial charge is 0.495 e. The van der Waals surface area contributed by atoms with Gasteiger partial charge >= 0.3 is 0 Å². The van der Waals surface area contributed by atoms with Crippen molar-refractivity contribution >= 4 is 26.0 Å². The van der Waals surface area contributed by atoms with Crippen LogP contribution in [0.25, 0.3) is 0 Å². The summed E-state index contributed by atoms with van der Waals surface area (Å²) in [4.78, 5) is 0.0453. The molecule has 0 saturated heterocycles. The highest BCUT2D eigenvalue weighted by atomic mass is 79.9. The summed E-state index contributed by atoms with van der Waals surface area (Å²) in [5.41, 5.74) is -1.04. The van der Waals surface area contributed by atoms with Crippen molar-refractivity contribution in [2.75, 3.05) is 13.7 Å². The minimum atomic E-state index is -3.74. The normalized spacial score (nSPS) is 12.4. The van der Waals surface area contributed by atoms with Crippen molar-refractivity contribution in [3.63, 3.8) is 0 Å². The van der Waals surface area contributed by atoms with Crippen LogP contribution in [0.5, 0.6) is 5.75 Å². The van der Waals surface area contributed by atoms with Gasteiger partial charge in [0.15, 0.2) is 0 Å². The molecule has 0 unspecified atom stereocenters. The van der Waals surface area contributed by atoms with Crippen LogP contribution in [0, 0.1) is 0 Å². The highest BCUT2D eigenvalue weighted by Crippen LogP contribution is 2.27. The van der Waals surface area contributed by atoms with Gasteiger partial charge in [-0.05, 0) is 31.0 Å². The lowest BCUT2D eigenvalue weighted by atomic mass is 9.98. The van der Waals surface area contributed by atoms with Crippen molar-refractivity contribution in [2.45, 2.75) is 37.2 Å². The number of rotatable bonds is 7. The topological polar surface area (TPSA) is 75.6 Å². The standard InChI is InChI=1S/C13H20BrNO4S/c1-4-13(16,5-2)9-15-20(17,18)12-8-10(14)6-7-11(12)19-3/h6-8,15-16H,4-5,9H2,1-3H3. The molecule has 0 aliphatic carbocycles. The Bertz CT molecular complexity index is 555. The number of hydrogen-bond acceptors (Lipinski definition) is 4. The van der Waals surface area contributed by atoms with Crippen LogP contribution in [-0.2, 0) is 10.0 Å². The number of ether oxygens (including phenoxy) is 1. The van der Waals surface area contributed by atoms with Gasteiger partial charge < -0.3 is 9.84 Å². The first-order chi connectivity index (χ1) is 9.28. The lowest BCUT2D eigenvalue weighted by molar-refractivity contribution is 0.0377. The molecule has 0 bridgehead atoms. The van der Waals surface area contributed by atoms with E-state index in [9.17, 15) is 13.5 Å². The molecule has 114 valence electrons. The van der Waals surface area contributed by atoms with Gasteiger partial charge in [-0.15, -0.1) is 0 Å². The van der Waals surface area contributed by atoms with Crippen LogP contribution >= 0.6 is 15.9 Å². The Labute approximate surface area is 128 Å². The predicted molar refractivity (Wildman–Crippen MR) is 81.4 cm³/mol. The molecule has 0 atom stereocenters. The molecule has 0 heterocycles. The second kappa shape index (κ2) is 6.89. The Morgan fingerprint density at radius 1 is 1.35 bits per heavy atom. The second-order valence-corrected chi connectivity index (χ2v) is 7.20. The Hall–Kier alpha value is -0.630. The first-order valence-electron chi connectivity index (χ1n) is 6.33. The summed E-state index contributed by atoms with van der Waals surface area (Å²) in [6, 6.07) is 4.74. The summed E-state index contributed by atoms with van der Waals surface area (Å²) in [6.45, 7) is 3.60. The molecule has 0 aliphatic heterocycles. The number of benzene rings is 1. The molecule has 0 amide bonds. The van der Waals surface area contributed by atoms with E-state index < -0.39 is 15.6 Å². The van der Waals surface area contributed by atoms with Crippen molar-refractivity contribution < 1.29 is 18.3 Å². The van der Waals surface area contributed by atoms with Crippen molar-refractivity contribution in [3.05, 3.63) is 22.7 Å². The fourth-order valence-corrected chi connectivity index (χ4v) is 3.49. The fourth-order valence-electron chi connectivity index (χ4n) is 1.67. The van der Waals surface area contributed by atoms with Gasteiger partial charge in [0.05, 0.1) is 12.7 Å². The van der Waals surface area contributed by atoms with Crippen LogP contribution in [0.1, 0.15) is 26.7 Å². The Morgan fingerprint density at radius 3 is 2.45 bits per heavy atom. The Balaban J connectivity index is 3.03. The first-order valence-corrected chi connectivity index (χ1v) is 8.61. The zero-order chi connectivity index (χ0) is 15.4. The monoisotopic (exact) mass is 365 g/mol. The lowest BCUT2D eigenvalue weighted by Crippen LogP contribution is -2.42. The van der Waals surface area contributed by atoms with Gasteiger partial charge in [0.1, 0.15) is 10.6 Å². The molecule has 0 saturated carbocycles. The zero-order valence-electron chi connectivity index (χ0n) is 11.8. The summed E-state index contributed by atoms with van der Waals surface area (Å²) in [7, 11) is -2.33. The molecular weight excluding hydrogens is 346 g/mol. The van der Waals surface area contributed by atoms with Gasteiger partial charge in [-0.2, -0.15) is 0 Å². The zero-order valence-corrected chi connectivity index (χ0v) is 14.2. The first kappa shape index (κ1) is 17.4. The fraction of sp³-hybridized carbons (Fsp3) is 0.538.